The maximum absolute atomic E-state index is 13.7. The third-order valence-electron chi connectivity index (χ3n) is 4.45. The number of nitrogens with one attached hydrogen (secondary N) is 2. The number of halogens is 2. The van der Waals surface area contributed by atoms with Crippen LogP contribution in [0.3, 0.4) is 0 Å². The summed E-state index contributed by atoms with van der Waals surface area (Å²) >= 11 is 5.71. The molecular weight excluding hydrogens is 321 g/mol. The van der Waals surface area contributed by atoms with Gasteiger partial charge in [-0.05, 0) is 50.1 Å². The van der Waals surface area contributed by atoms with E-state index in [0.29, 0.717) is 0 Å². The van der Waals surface area contributed by atoms with Gasteiger partial charge in [-0.25, -0.2) is 14.2 Å². The Morgan fingerprint density at radius 1 is 1.26 bits per heavy atom. The fourth-order valence-corrected chi connectivity index (χ4v) is 3.41. The molecule has 1 aromatic heterocycles. The molecule has 126 valence electrons. The number of carbonyl (C=O) groups is 1. The highest BCUT2D eigenvalue weighted by Gasteiger charge is 2.26. The van der Waals surface area contributed by atoms with Crippen LogP contribution in [0, 0.1) is 5.82 Å². The van der Waals surface area contributed by atoms with E-state index < -0.39 is 5.82 Å². The van der Waals surface area contributed by atoms with Crippen molar-refractivity contribution in [2.24, 2.45) is 0 Å². The van der Waals surface area contributed by atoms with Crippen LogP contribution in [0.1, 0.15) is 38.5 Å². The smallest absolute Gasteiger partial charge is 0.317 e. The second kappa shape index (κ2) is 7.29. The molecule has 2 heterocycles. The monoisotopic (exact) mass is 341 g/mol. The minimum absolute atomic E-state index is 0.0172. The molecule has 1 aliphatic heterocycles. The van der Waals surface area contributed by atoms with E-state index in [9.17, 15) is 9.18 Å². The van der Waals surface area contributed by atoms with E-state index in [1.165, 1.54) is 0 Å². The van der Waals surface area contributed by atoms with E-state index >= 15 is 0 Å². The van der Waals surface area contributed by atoms with Crippen LogP contribution in [0.2, 0.25) is 5.28 Å². The van der Waals surface area contributed by atoms with Gasteiger partial charge in [0.25, 0.3) is 0 Å². The van der Waals surface area contributed by atoms with Gasteiger partial charge >= 0.3 is 6.03 Å². The van der Waals surface area contributed by atoms with Crippen molar-refractivity contribution in [3.05, 3.63) is 17.3 Å². The van der Waals surface area contributed by atoms with Gasteiger partial charge < -0.3 is 15.5 Å². The van der Waals surface area contributed by atoms with E-state index in [1.54, 1.807) is 0 Å². The Kier molecular flexibility index (Phi) is 5.15. The Morgan fingerprint density at radius 3 is 2.78 bits per heavy atom. The molecule has 1 unspecified atom stereocenters. The number of rotatable bonds is 3. The Morgan fingerprint density at radius 2 is 2.00 bits per heavy atom. The Hall–Kier alpha value is -1.63. The summed E-state index contributed by atoms with van der Waals surface area (Å²) in [5.41, 5.74) is 0. The minimum Gasteiger partial charge on any atom is -0.365 e. The van der Waals surface area contributed by atoms with Crippen molar-refractivity contribution in [1.29, 1.82) is 0 Å². The van der Waals surface area contributed by atoms with Gasteiger partial charge in [0.15, 0.2) is 11.6 Å². The molecule has 1 saturated carbocycles. The highest BCUT2D eigenvalue weighted by Crippen LogP contribution is 2.23. The highest BCUT2D eigenvalue weighted by atomic mass is 35.5. The van der Waals surface area contributed by atoms with Gasteiger partial charge in [-0.2, -0.15) is 4.98 Å². The molecule has 2 fully saturated rings. The molecule has 3 rings (SSSR count). The van der Waals surface area contributed by atoms with E-state index in [4.69, 9.17) is 11.6 Å². The van der Waals surface area contributed by atoms with Crippen LogP contribution < -0.4 is 10.6 Å². The zero-order valence-electron chi connectivity index (χ0n) is 12.9. The average Bonchev–Trinajstić information content (AvgIpc) is 3.06. The molecule has 23 heavy (non-hydrogen) atoms. The minimum atomic E-state index is -0.516. The lowest BCUT2D eigenvalue weighted by molar-refractivity contribution is 0.199. The van der Waals surface area contributed by atoms with E-state index in [1.807, 2.05) is 4.90 Å². The molecule has 0 radical (unpaired) electrons. The number of aromatic nitrogens is 2. The van der Waals surface area contributed by atoms with Crippen molar-refractivity contribution in [1.82, 2.24) is 20.2 Å². The lowest BCUT2D eigenvalue weighted by Gasteiger charge is -2.31. The lowest BCUT2D eigenvalue weighted by atomic mass is 9.91. The molecule has 0 spiro atoms. The number of hydrogen-bond donors (Lipinski definition) is 2. The van der Waals surface area contributed by atoms with Crippen LogP contribution >= 0.6 is 11.6 Å². The van der Waals surface area contributed by atoms with Gasteiger partial charge in [0.05, 0.1) is 6.20 Å². The molecule has 0 aromatic carbocycles. The maximum Gasteiger partial charge on any atom is 0.317 e. The molecule has 2 amide bonds. The third kappa shape index (κ3) is 4.22. The SMILES string of the molecule is O=C(NC1CCC[C@H](Nc2nc(Cl)ncc2F)C1)N1CCCC1. The Labute approximate surface area is 139 Å². The summed E-state index contributed by atoms with van der Waals surface area (Å²) in [4.78, 5) is 21.5. The molecule has 1 saturated heterocycles. The fourth-order valence-electron chi connectivity index (χ4n) is 3.28. The predicted molar refractivity (Wildman–Crippen MR) is 86.0 cm³/mol. The van der Waals surface area contributed by atoms with Gasteiger partial charge in [-0.1, -0.05) is 0 Å². The van der Waals surface area contributed by atoms with Crippen molar-refractivity contribution in [2.75, 3.05) is 18.4 Å². The van der Waals surface area contributed by atoms with Gasteiger partial charge in [0.1, 0.15) is 0 Å². The van der Waals surface area contributed by atoms with Crippen molar-refractivity contribution in [2.45, 2.75) is 50.6 Å². The van der Waals surface area contributed by atoms with Gasteiger partial charge in [-0.3, -0.25) is 0 Å². The fraction of sp³-hybridized carbons (Fsp3) is 0.667. The molecule has 8 heteroatoms. The van der Waals surface area contributed by atoms with Crippen molar-refractivity contribution in [3.63, 3.8) is 0 Å². The van der Waals surface area contributed by atoms with Crippen LogP contribution in [0.4, 0.5) is 15.0 Å². The lowest BCUT2D eigenvalue weighted by Crippen LogP contribution is -2.47. The molecule has 0 bridgehead atoms. The van der Waals surface area contributed by atoms with Crippen LogP contribution in [0.25, 0.3) is 0 Å². The summed E-state index contributed by atoms with van der Waals surface area (Å²) in [6.45, 7) is 1.68. The van der Waals surface area contributed by atoms with Crippen molar-refractivity contribution >= 4 is 23.4 Å². The number of nitrogens with zero attached hydrogens (tertiary/aromatic N) is 3. The Bertz CT molecular complexity index is 567. The van der Waals surface area contributed by atoms with Crippen LogP contribution in [0.5, 0.6) is 0 Å². The largest absolute Gasteiger partial charge is 0.365 e. The molecule has 2 N–H and O–H groups in total. The topological polar surface area (TPSA) is 70.1 Å². The summed E-state index contributed by atoms with van der Waals surface area (Å²) in [6.07, 6.45) is 6.81. The number of urea groups is 1. The zero-order valence-corrected chi connectivity index (χ0v) is 13.7. The quantitative estimate of drug-likeness (QED) is 0.829. The first-order valence-electron chi connectivity index (χ1n) is 8.12. The second-order valence-corrected chi connectivity index (χ2v) is 6.52. The predicted octanol–water partition coefficient (Wildman–Crippen LogP) is 2.80. The first-order valence-corrected chi connectivity index (χ1v) is 8.49. The van der Waals surface area contributed by atoms with Crippen LogP contribution in [-0.2, 0) is 0 Å². The molecule has 1 aromatic rings. The van der Waals surface area contributed by atoms with E-state index in [-0.39, 0.29) is 29.2 Å². The molecule has 1 aliphatic carbocycles. The number of carbonyl (C=O) groups excluding carboxylic acids is 1. The number of likely N-dealkylation sites (tertiary alicyclic amines) is 1. The number of amides is 2. The normalized spacial score (nSPS) is 24.5. The van der Waals surface area contributed by atoms with Gasteiger partial charge in [0, 0.05) is 25.2 Å². The van der Waals surface area contributed by atoms with Gasteiger partial charge in [-0.15, -0.1) is 0 Å². The molecule has 2 aliphatic rings. The summed E-state index contributed by atoms with van der Waals surface area (Å²) in [5, 5.41) is 6.20. The molecule has 2 atom stereocenters. The standard InChI is InChI=1S/C15H21ClFN5O/c16-14-18-9-12(17)13(21-14)19-10-4-3-5-11(8-10)20-15(23)22-6-1-2-7-22/h9-11H,1-8H2,(H,20,23)(H,18,19,21)/t10-,11?/m0/s1. The summed E-state index contributed by atoms with van der Waals surface area (Å²) in [5.74, 6) is -0.390. The van der Waals surface area contributed by atoms with E-state index in [2.05, 4.69) is 20.6 Å². The van der Waals surface area contributed by atoms with Crippen molar-refractivity contribution in [3.8, 4) is 0 Å². The zero-order chi connectivity index (χ0) is 16.2. The highest BCUT2D eigenvalue weighted by molar-refractivity contribution is 6.28. The second-order valence-electron chi connectivity index (χ2n) is 6.18. The summed E-state index contributed by atoms with van der Waals surface area (Å²) in [6, 6.07) is 0.187. The first-order chi connectivity index (χ1) is 11.1. The molecular formula is C15H21ClFN5O. The van der Waals surface area contributed by atoms with Gasteiger partial charge in [0.2, 0.25) is 5.28 Å². The maximum atomic E-state index is 13.7. The number of hydrogen-bond acceptors (Lipinski definition) is 4. The average molecular weight is 342 g/mol. The van der Waals surface area contributed by atoms with Crippen LogP contribution in [0.15, 0.2) is 6.20 Å². The summed E-state index contributed by atoms with van der Waals surface area (Å²) in [7, 11) is 0. The number of anilines is 1. The third-order valence-corrected chi connectivity index (χ3v) is 4.63. The van der Waals surface area contributed by atoms with Crippen molar-refractivity contribution < 1.29 is 9.18 Å². The summed E-state index contributed by atoms with van der Waals surface area (Å²) < 4.78 is 13.7. The molecule has 6 nitrogen and oxygen atoms in total. The Balaban J connectivity index is 1.55. The first kappa shape index (κ1) is 16.2. The van der Waals surface area contributed by atoms with Crippen LogP contribution in [-0.4, -0.2) is 46.1 Å². The van der Waals surface area contributed by atoms with E-state index in [0.717, 1.165) is 57.8 Å².